The molecule has 0 atom stereocenters. The third kappa shape index (κ3) is 3.72. The second-order valence-electron chi connectivity index (χ2n) is 5.30. The van der Waals surface area contributed by atoms with Gasteiger partial charge in [-0.1, -0.05) is 18.2 Å². The number of hydrogen-bond acceptors (Lipinski definition) is 3. The summed E-state index contributed by atoms with van der Waals surface area (Å²) < 4.78 is 15.1. The molecule has 1 amide bonds. The highest BCUT2D eigenvalue weighted by atomic mass is 19.1. The average molecular weight is 339 g/mol. The van der Waals surface area contributed by atoms with Crippen LogP contribution < -0.4 is 16.4 Å². The van der Waals surface area contributed by atoms with Crippen molar-refractivity contribution in [2.45, 2.75) is 6.54 Å². The van der Waals surface area contributed by atoms with Gasteiger partial charge < -0.3 is 5.32 Å². The molecule has 0 aliphatic heterocycles. The van der Waals surface area contributed by atoms with E-state index in [1.54, 1.807) is 24.3 Å². The van der Waals surface area contributed by atoms with Crippen molar-refractivity contribution in [1.82, 2.24) is 9.13 Å². The van der Waals surface area contributed by atoms with Crippen LogP contribution in [0.15, 0.2) is 76.6 Å². The Labute approximate surface area is 141 Å². The standard InChI is InChI=1S/C18H14FN3O3/c19-13-6-8-15(9-7-13)22-11-10-21(17(24)18(22)25)12-16(23)20-14-4-2-1-3-5-14/h1-11H,12H2,(H,20,23). The van der Waals surface area contributed by atoms with Crippen LogP contribution in [-0.2, 0) is 11.3 Å². The molecule has 0 fully saturated rings. The molecular formula is C18H14FN3O3. The van der Waals surface area contributed by atoms with Crippen molar-refractivity contribution in [3.05, 3.63) is 93.5 Å². The van der Waals surface area contributed by atoms with Gasteiger partial charge in [-0.15, -0.1) is 0 Å². The monoisotopic (exact) mass is 339 g/mol. The van der Waals surface area contributed by atoms with E-state index in [2.05, 4.69) is 5.32 Å². The van der Waals surface area contributed by atoms with E-state index in [1.807, 2.05) is 6.07 Å². The highest BCUT2D eigenvalue weighted by Gasteiger charge is 2.10. The van der Waals surface area contributed by atoms with Crippen LogP contribution in [0.25, 0.3) is 5.69 Å². The first-order valence-electron chi connectivity index (χ1n) is 7.47. The molecule has 1 N–H and O–H groups in total. The number of anilines is 1. The molecule has 126 valence electrons. The molecule has 0 spiro atoms. The van der Waals surface area contributed by atoms with Crippen LogP contribution >= 0.6 is 0 Å². The third-order valence-electron chi connectivity index (χ3n) is 3.53. The minimum Gasteiger partial charge on any atom is -0.325 e. The normalized spacial score (nSPS) is 10.4. The molecule has 1 heterocycles. The molecule has 0 saturated heterocycles. The maximum absolute atomic E-state index is 13.0. The van der Waals surface area contributed by atoms with E-state index in [9.17, 15) is 18.8 Å². The molecule has 6 nitrogen and oxygen atoms in total. The third-order valence-corrected chi connectivity index (χ3v) is 3.53. The van der Waals surface area contributed by atoms with Crippen molar-refractivity contribution in [2.24, 2.45) is 0 Å². The van der Waals surface area contributed by atoms with Gasteiger partial charge in [0.1, 0.15) is 12.4 Å². The Kier molecular flexibility index (Phi) is 4.56. The molecule has 0 aliphatic rings. The van der Waals surface area contributed by atoms with Crippen molar-refractivity contribution >= 4 is 11.6 Å². The maximum atomic E-state index is 13.0. The number of nitrogens with zero attached hydrogens (tertiary/aromatic N) is 2. The second kappa shape index (κ2) is 6.96. The Morgan fingerprint density at radius 1 is 0.920 bits per heavy atom. The molecule has 25 heavy (non-hydrogen) atoms. The van der Waals surface area contributed by atoms with Crippen molar-refractivity contribution in [1.29, 1.82) is 0 Å². The summed E-state index contributed by atoms with van der Waals surface area (Å²) in [5.41, 5.74) is -0.693. The quantitative estimate of drug-likeness (QED) is 0.737. The summed E-state index contributed by atoms with van der Waals surface area (Å²) in [6.45, 7) is -0.284. The van der Waals surface area contributed by atoms with Crippen LogP contribution in [0.4, 0.5) is 10.1 Å². The van der Waals surface area contributed by atoms with Gasteiger partial charge in [-0.25, -0.2) is 4.39 Å². The number of carbonyl (C=O) groups is 1. The molecular weight excluding hydrogens is 325 g/mol. The molecule has 0 aliphatic carbocycles. The molecule has 3 rings (SSSR count). The lowest BCUT2D eigenvalue weighted by atomic mass is 10.3. The Morgan fingerprint density at radius 2 is 1.60 bits per heavy atom. The number of carbonyl (C=O) groups excluding carboxylic acids is 1. The largest absolute Gasteiger partial charge is 0.325 e. The van der Waals surface area contributed by atoms with Crippen molar-refractivity contribution in [3.8, 4) is 5.69 Å². The number of hydrogen-bond donors (Lipinski definition) is 1. The summed E-state index contributed by atoms with van der Waals surface area (Å²) in [6.07, 6.45) is 2.71. The van der Waals surface area contributed by atoms with Gasteiger partial charge in [-0.2, -0.15) is 0 Å². The fourth-order valence-corrected chi connectivity index (χ4v) is 2.31. The molecule has 0 radical (unpaired) electrons. The summed E-state index contributed by atoms with van der Waals surface area (Å²) >= 11 is 0. The number of amides is 1. The Morgan fingerprint density at radius 3 is 2.28 bits per heavy atom. The topological polar surface area (TPSA) is 73.1 Å². The van der Waals surface area contributed by atoms with Gasteiger partial charge in [0.25, 0.3) is 0 Å². The summed E-state index contributed by atoms with van der Waals surface area (Å²) in [7, 11) is 0. The molecule has 0 saturated carbocycles. The first kappa shape index (κ1) is 16.4. The highest BCUT2D eigenvalue weighted by molar-refractivity contribution is 5.90. The fraction of sp³-hybridized carbons (Fsp3) is 0.0556. The fourth-order valence-electron chi connectivity index (χ4n) is 2.31. The summed E-state index contributed by atoms with van der Waals surface area (Å²) in [5, 5.41) is 2.64. The van der Waals surface area contributed by atoms with Crippen molar-refractivity contribution in [2.75, 3.05) is 5.32 Å². The summed E-state index contributed by atoms with van der Waals surface area (Å²) in [5.74, 6) is -0.866. The zero-order valence-corrected chi connectivity index (χ0v) is 13.1. The predicted molar refractivity (Wildman–Crippen MR) is 91.3 cm³/mol. The van der Waals surface area contributed by atoms with Gasteiger partial charge >= 0.3 is 11.1 Å². The zero-order chi connectivity index (χ0) is 17.8. The summed E-state index contributed by atoms with van der Waals surface area (Å²) in [6, 6.07) is 14.0. The van der Waals surface area contributed by atoms with Crippen LogP contribution in [0.3, 0.4) is 0 Å². The van der Waals surface area contributed by atoms with Crippen LogP contribution in [-0.4, -0.2) is 15.0 Å². The lowest BCUT2D eigenvalue weighted by Gasteiger charge is -2.09. The number of halogens is 1. The van der Waals surface area contributed by atoms with Gasteiger partial charge in [0.05, 0.1) is 0 Å². The van der Waals surface area contributed by atoms with Crippen LogP contribution in [0.1, 0.15) is 0 Å². The Balaban J connectivity index is 1.83. The number of benzene rings is 2. The number of para-hydroxylation sites is 1. The van der Waals surface area contributed by atoms with E-state index >= 15 is 0 Å². The van der Waals surface area contributed by atoms with Crippen LogP contribution in [0.5, 0.6) is 0 Å². The van der Waals surface area contributed by atoms with Crippen LogP contribution in [0, 0.1) is 5.82 Å². The molecule has 0 bridgehead atoms. The number of rotatable bonds is 4. The molecule has 7 heteroatoms. The lowest BCUT2D eigenvalue weighted by Crippen LogP contribution is -2.41. The van der Waals surface area contributed by atoms with E-state index in [-0.39, 0.29) is 6.54 Å². The smallest absolute Gasteiger partial charge is 0.320 e. The van der Waals surface area contributed by atoms with Crippen molar-refractivity contribution in [3.63, 3.8) is 0 Å². The number of aromatic nitrogens is 2. The molecule has 1 aromatic heterocycles. The van der Waals surface area contributed by atoms with Gasteiger partial charge in [-0.05, 0) is 36.4 Å². The predicted octanol–water partition coefficient (Wildman–Crippen LogP) is 1.78. The van der Waals surface area contributed by atoms with Crippen molar-refractivity contribution < 1.29 is 9.18 Å². The zero-order valence-electron chi connectivity index (χ0n) is 13.1. The second-order valence-corrected chi connectivity index (χ2v) is 5.30. The molecule has 0 unspecified atom stereocenters. The van der Waals surface area contributed by atoms with E-state index in [4.69, 9.17) is 0 Å². The minimum absolute atomic E-state index is 0.284. The number of nitrogens with one attached hydrogen (secondary N) is 1. The van der Waals surface area contributed by atoms with E-state index in [0.717, 1.165) is 9.13 Å². The SMILES string of the molecule is O=C(Cn1ccn(-c2ccc(F)cc2)c(=O)c1=O)Nc1ccccc1. The Hall–Kier alpha value is -3.48. The van der Waals surface area contributed by atoms with E-state index < -0.39 is 22.8 Å². The highest BCUT2D eigenvalue weighted by Crippen LogP contribution is 2.06. The lowest BCUT2D eigenvalue weighted by molar-refractivity contribution is -0.116. The van der Waals surface area contributed by atoms with Crippen LogP contribution in [0.2, 0.25) is 0 Å². The van der Waals surface area contributed by atoms with Gasteiger partial charge in [0.15, 0.2) is 0 Å². The first-order chi connectivity index (χ1) is 12.0. The molecule has 3 aromatic rings. The van der Waals surface area contributed by atoms with E-state index in [1.165, 1.54) is 36.7 Å². The van der Waals surface area contributed by atoms with E-state index in [0.29, 0.717) is 11.4 Å². The first-order valence-corrected chi connectivity index (χ1v) is 7.47. The summed E-state index contributed by atoms with van der Waals surface area (Å²) in [4.78, 5) is 36.4. The molecule has 2 aromatic carbocycles. The van der Waals surface area contributed by atoms with Gasteiger partial charge in [0.2, 0.25) is 5.91 Å². The Bertz CT molecular complexity index is 1010. The minimum atomic E-state index is -0.838. The average Bonchev–Trinajstić information content (AvgIpc) is 2.61. The van der Waals surface area contributed by atoms with Gasteiger partial charge in [0, 0.05) is 23.8 Å². The van der Waals surface area contributed by atoms with Gasteiger partial charge in [-0.3, -0.25) is 23.5 Å². The maximum Gasteiger partial charge on any atom is 0.320 e.